The SMILES string of the molecule is CN(CC(=O)N1CCOCC1)C(=O)CCNC(=O)c1ccc(Br)cc1. The van der Waals surface area contributed by atoms with Gasteiger partial charge >= 0.3 is 0 Å². The molecule has 7 nitrogen and oxygen atoms in total. The van der Waals surface area contributed by atoms with E-state index in [0.717, 1.165) is 4.47 Å². The molecule has 0 atom stereocenters. The molecule has 3 amide bonds. The summed E-state index contributed by atoms with van der Waals surface area (Å²) in [6.45, 7) is 2.45. The first-order valence-electron chi connectivity index (χ1n) is 8.10. The summed E-state index contributed by atoms with van der Waals surface area (Å²) in [6.07, 6.45) is 0.148. The van der Waals surface area contributed by atoms with Crippen LogP contribution in [-0.4, -0.2) is 74.0 Å². The van der Waals surface area contributed by atoms with Crippen molar-refractivity contribution in [2.45, 2.75) is 6.42 Å². The van der Waals surface area contributed by atoms with E-state index in [1.54, 1.807) is 36.2 Å². The molecular weight excluding hydrogens is 390 g/mol. The summed E-state index contributed by atoms with van der Waals surface area (Å²) in [7, 11) is 1.59. The Bertz CT molecular complexity index is 615. The van der Waals surface area contributed by atoms with Crippen LogP contribution in [-0.2, 0) is 14.3 Å². The summed E-state index contributed by atoms with van der Waals surface area (Å²) < 4.78 is 6.10. The largest absolute Gasteiger partial charge is 0.378 e. The zero-order chi connectivity index (χ0) is 18.2. The van der Waals surface area contributed by atoms with Crippen molar-refractivity contribution in [2.75, 3.05) is 46.4 Å². The molecule has 1 aliphatic rings. The van der Waals surface area contributed by atoms with Crippen molar-refractivity contribution in [1.29, 1.82) is 0 Å². The zero-order valence-corrected chi connectivity index (χ0v) is 15.8. The molecule has 0 unspecified atom stereocenters. The standard InChI is InChI=1S/C17H22BrN3O4/c1-20(12-16(23)21-8-10-25-11-9-21)15(22)6-7-19-17(24)13-2-4-14(18)5-3-13/h2-5H,6-12H2,1H3,(H,19,24). The number of hydrogen-bond acceptors (Lipinski definition) is 4. The molecule has 1 aromatic rings. The van der Waals surface area contributed by atoms with Crippen LogP contribution in [0.1, 0.15) is 16.8 Å². The second kappa shape index (κ2) is 9.53. The Labute approximate surface area is 155 Å². The predicted molar refractivity (Wildman–Crippen MR) is 96.1 cm³/mol. The van der Waals surface area contributed by atoms with E-state index in [9.17, 15) is 14.4 Å². The Morgan fingerprint density at radius 3 is 2.48 bits per heavy atom. The van der Waals surface area contributed by atoms with Crippen molar-refractivity contribution in [2.24, 2.45) is 0 Å². The topological polar surface area (TPSA) is 79.0 Å². The third-order valence-electron chi connectivity index (χ3n) is 3.89. The summed E-state index contributed by atoms with van der Waals surface area (Å²) in [4.78, 5) is 39.3. The molecule has 1 heterocycles. The normalized spacial score (nSPS) is 14.1. The Kier molecular flexibility index (Phi) is 7.39. The molecule has 0 spiro atoms. The lowest BCUT2D eigenvalue weighted by Crippen LogP contribution is -2.46. The van der Waals surface area contributed by atoms with E-state index in [0.29, 0.717) is 31.9 Å². The van der Waals surface area contributed by atoms with Gasteiger partial charge in [0.25, 0.3) is 5.91 Å². The highest BCUT2D eigenvalue weighted by molar-refractivity contribution is 9.10. The van der Waals surface area contributed by atoms with Crippen LogP contribution in [0.15, 0.2) is 28.7 Å². The van der Waals surface area contributed by atoms with E-state index in [1.807, 2.05) is 0 Å². The Balaban J connectivity index is 1.70. The van der Waals surface area contributed by atoms with Gasteiger partial charge in [0.15, 0.2) is 0 Å². The lowest BCUT2D eigenvalue weighted by atomic mass is 10.2. The Morgan fingerprint density at radius 2 is 1.84 bits per heavy atom. The van der Waals surface area contributed by atoms with Gasteiger partial charge in [-0.05, 0) is 24.3 Å². The van der Waals surface area contributed by atoms with Crippen molar-refractivity contribution in [3.05, 3.63) is 34.3 Å². The maximum atomic E-state index is 12.1. The van der Waals surface area contributed by atoms with Crippen molar-refractivity contribution in [1.82, 2.24) is 15.1 Å². The Hall–Kier alpha value is -1.93. The van der Waals surface area contributed by atoms with Crippen LogP contribution in [0.4, 0.5) is 0 Å². The molecule has 0 aliphatic carbocycles. The first-order chi connectivity index (χ1) is 12.0. The van der Waals surface area contributed by atoms with Gasteiger partial charge in [0.2, 0.25) is 11.8 Å². The summed E-state index contributed by atoms with van der Waals surface area (Å²) in [5.74, 6) is -0.497. The average Bonchev–Trinajstić information content (AvgIpc) is 2.62. The van der Waals surface area contributed by atoms with Crippen molar-refractivity contribution >= 4 is 33.7 Å². The third kappa shape index (κ3) is 6.13. The minimum absolute atomic E-state index is 0.0412. The number of hydrogen-bond donors (Lipinski definition) is 1. The number of morpholine rings is 1. The first-order valence-corrected chi connectivity index (χ1v) is 8.90. The van der Waals surface area contributed by atoms with E-state index in [1.165, 1.54) is 4.90 Å². The number of rotatable bonds is 6. The van der Waals surface area contributed by atoms with Gasteiger partial charge in [0.1, 0.15) is 0 Å². The Morgan fingerprint density at radius 1 is 1.20 bits per heavy atom. The van der Waals surface area contributed by atoms with Crippen molar-refractivity contribution < 1.29 is 19.1 Å². The number of nitrogens with one attached hydrogen (secondary N) is 1. The fraction of sp³-hybridized carbons (Fsp3) is 0.471. The number of nitrogens with zero attached hydrogens (tertiary/aromatic N) is 2. The molecule has 136 valence electrons. The van der Waals surface area contributed by atoms with E-state index >= 15 is 0 Å². The van der Waals surface area contributed by atoms with E-state index in [4.69, 9.17) is 4.74 Å². The second-order valence-electron chi connectivity index (χ2n) is 5.76. The van der Waals surface area contributed by atoms with E-state index in [2.05, 4.69) is 21.2 Å². The number of amides is 3. The highest BCUT2D eigenvalue weighted by Gasteiger charge is 2.20. The zero-order valence-electron chi connectivity index (χ0n) is 14.2. The van der Waals surface area contributed by atoms with Crippen molar-refractivity contribution in [3.63, 3.8) is 0 Å². The quantitative estimate of drug-likeness (QED) is 0.753. The summed E-state index contributed by atoms with van der Waals surface area (Å²) in [5.41, 5.74) is 0.534. The van der Waals surface area contributed by atoms with E-state index in [-0.39, 0.29) is 37.2 Å². The average molecular weight is 412 g/mol. The maximum Gasteiger partial charge on any atom is 0.251 e. The summed E-state index contributed by atoms with van der Waals surface area (Å²) >= 11 is 3.31. The van der Waals surface area contributed by atoms with Gasteiger partial charge in [-0.3, -0.25) is 14.4 Å². The van der Waals surface area contributed by atoms with Gasteiger partial charge in [0.05, 0.1) is 19.8 Å². The van der Waals surface area contributed by atoms with Crippen LogP contribution in [0.25, 0.3) is 0 Å². The fourth-order valence-electron chi connectivity index (χ4n) is 2.38. The summed E-state index contributed by atoms with van der Waals surface area (Å²) in [6, 6.07) is 6.97. The minimum atomic E-state index is -0.229. The number of halogens is 1. The number of carbonyl (C=O) groups is 3. The van der Waals surface area contributed by atoms with Crippen LogP contribution in [0.3, 0.4) is 0 Å². The number of ether oxygens (including phenoxy) is 1. The second-order valence-corrected chi connectivity index (χ2v) is 6.67. The lowest BCUT2D eigenvalue weighted by molar-refractivity contribution is -0.141. The molecule has 8 heteroatoms. The van der Waals surface area contributed by atoms with Crippen LogP contribution in [0.5, 0.6) is 0 Å². The molecule has 1 saturated heterocycles. The predicted octanol–water partition coefficient (Wildman–Crippen LogP) is 0.886. The molecule has 0 saturated carbocycles. The number of benzene rings is 1. The molecular formula is C17H22BrN3O4. The molecule has 1 aromatic carbocycles. The number of likely N-dealkylation sites (N-methyl/N-ethyl adjacent to an activating group) is 1. The van der Waals surface area contributed by atoms with Crippen molar-refractivity contribution in [3.8, 4) is 0 Å². The fourth-order valence-corrected chi connectivity index (χ4v) is 2.65. The maximum absolute atomic E-state index is 12.1. The lowest BCUT2D eigenvalue weighted by Gasteiger charge is -2.28. The molecule has 25 heavy (non-hydrogen) atoms. The molecule has 2 rings (SSSR count). The molecule has 1 aliphatic heterocycles. The molecule has 1 N–H and O–H groups in total. The third-order valence-corrected chi connectivity index (χ3v) is 4.42. The van der Waals surface area contributed by atoms with Gasteiger partial charge < -0.3 is 19.9 Å². The van der Waals surface area contributed by atoms with Gasteiger partial charge in [-0.25, -0.2) is 0 Å². The molecule has 1 fully saturated rings. The van der Waals surface area contributed by atoms with Gasteiger partial charge in [0, 0.05) is 43.1 Å². The summed E-state index contributed by atoms with van der Waals surface area (Å²) in [5, 5.41) is 2.71. The molecule has 0 aromatic heterocycles. The van der Waals surface area contributed by atoms with Crippen LogP contribution >= 0.6 is 15.9 Å². The highest BCUT2D eigenvalue weighted by Crippen LogP contribution is 2.10. The molecule has 0 bridgehead atoms. The van der Waals surface area contributed by atoms with Gasteiger partial charge in [-0.2, -0.15) is 0 Å². The first kappa shape index (κ1) is 19.4. The highest BCUT2D eigenvalue weighted by atomic mass is 79.9. The van der Waals surface area contributed by atoms with E-state index < -0.39 is 0 Å². The van der Waals surface area contributed by atoms with Gasteiger partial charge in [-0.15, -0.1) is 0 Å². The van der Waals surface area contributed by atoms with Crippen LogP contribution in [0.2, 0.25) is 0 Å². The smallest absolute Gasteiger partial charge is 0.251 e. The van der Waals surface area contributed by atoms with Gasteiger partial charge in [-0.1, -0.05) is 15.9 Å². The minimum Gasteiger partial charge on any atom is -0.378 e. The monoisotopic (exact) mass is 411 g/mol. The van der Waals surface area contributed by atoms with Crippen LogP contribution < -0.4 is 5.32 Å². The van der Waals surface area contributed by atoms with Crippen LogP contribution in [0, 0.1) is 0 Å². The number of carbonyl (C=O) groups excluding carboxylic acids is 3. The molecule has 0 radical (unpaired) electrons.